The maximum absolute atomic E-state index is 13.7. The van der Waals surface area contributed by atoms with E-state index < -0.39 is 0 Å². The van der Waals surface area contributed by atoms with Crippen molar-refractivity contribution in [3.63, 3.8) is 0 Å². The van der Waals surface area contributed by atoms with Crippen LogP contribution in [0.5, 0.6) is 0 Å². The molecule has 7 heteroatoms. The molecule has 0 saturated carbocycles. The van der Waals surface area contributed by atoms with E-state index in [4.69, 9.17) is 4.98 Å². The summed E-state index contributed by atoms with van der Waals surface area (Å²) in [5.74, 6) is 0.295. The molecule has 0 bridgehead atoms. The van der Waals surface area contributed by atoms with Crippen molar-refractivity contribution >= 4 is 33.1 Å². The molecule has 28 heavy (non-hydrogen) atoms. The first-order chi connectivity index (χ1) is 13.5. The number of fused-ring (bicyclic) bond motifs is 3. The van der Waals surface area contributed by atoms with Crippen LogP contribution in [0.1, 0.15) is 45.9 Å². The fraction of sp³-hybridized carbons (Fsp3) is 0.381. The maximum atomic E-state index is 13.7. The number of hydrogen-bond acceptors (Lipinski definition) is 4. The van der Waals surface area contributed by atoms with Gasteiger partial charge in [-0.3, -0.25) is 14.2 Å². The lowest BCUT2D eigenvalue weighted by atomic mass is 10.1. The van der Waals surface area contributed by atoms with Crippen LogP contribution in [-0.4, -0.2) is 22.0 Å². The summed E-state index contributed by atoms with van der Waals surface area (Å²) >= 11 is 1.28. The number of rotatable bonds is 1. The number of amides is 1. The molecule has 5 rings (SSSR count). The van der Waals surface area contributed by atoms with E-state index in [1.54, 1.807) is 15.5 Å². The van der Waals surface area contributed by atoms with Crippen LogP contribution < -0.4 is 10.5 Å². The third kappa shape index (κ3) is 2.60. The number of halogens is 1. The first-order valence-electron chi connectivity index (χ1n) is 9.67. The van der Waals surface area contributed by atoms with Crippen molar-refractivity contribution in [1.82, 2.24) is 9.55 Å². The Morgan fingerprint density at radius 3 is 2.89 bits per heavy atom. The van der Waals surface area contributed by atoms with Gasteiger partial charge in [0, 0.05) is 19.5 Å². The molecule has 0 fully saturated rings. The molecule has 3 aromatic rings. The average molecular weight is 397 g/mol. The van der Waals surface area contributed by atoms with E-state index in [1.807, 2.05) is 6.92 Å². The first-order valence-corrected chi connectivity index (χ1v) is 10.5. The Kier molecular flexibility index (Phi) is 4.08. The van der Waals surface area contributed by atoms with E-state index in [-0.39, 0.29) is 17.3 Å². The van der Waals surface area contributed by atoms with Crippen LogP contribution in [0.25, 0.3) is 10.2 Å². The van der Waals surface area contributed by atoms with Crippen molar-refractivity contribution in [2.24, 2.45) is 0 Å². The summed E-state index contributed by atoms with van der Waals surface area (Å²) in [6.07, 6.45) is 4.62. The molecule has 2 aliphatic heterocycles. The van der Waals surface area contributed by atoms with Crippen molar-refractivity contribution in [2.45, 2.75) is 45.6 Å². The molecular weight excluding hydrogens is 377 g/mol. The van der Waals surface area contributed by atoms with E-state index in [0.717, 1.165) is 37.1 Å². The van der Waals surface area contributed by atoms with Crippen LogP contribution in [-0.2, 0) is 19.4 Å². The summed E-state index contributed by atoms with van der Waals surface area (Å²) in [5.41, 5.74) is 2.25. The van der Waals surface area contributed by atoms with Gasteiger partial charge in [-0.05, 0) is 49.4 Å². The van der Waals surface area contributed by atoms with Gasteiger partial charge in [-0.1, -0.05) is 12.5 Å². The summed E-state index contributed by atoms with van der Waals surface area (Å²) in [5, 5.41) is 0.553. The van der Waals surface area contributed by atoms with Crippen LogP contribution in [0.15, 0.2) is 23.0 Å². The van der Waals surface area contributed by atoms with Crippen molar-refractivity contribution in [2.75, 3.05) is 11.4 Å². The van der Waals surface area contributed by atoms with Crippen LogP contribution in [0.4, 0.5) is 10.1 Å². The molecule has 144 valence electrons. The fourth-order valence-corrected chi connectivity index (χ4v) is 5.44. The normalized spacial score (nSPS) is 16.1. The molecule has 0 atom stereocenters. The van der Waals surface area contributed by atoms with Gasteiger partial charge in [0.15, 0.2) is 0 Å². The quantitative estimate of drug-likeness (QED) is 0.627. The lowest BCUT2D eigenvalue weighted by Crippen LogP contribution is -2.29. The summed E-state index contributed by atoms with van der Waals surface area (Å²) in [6, 6.07) is 4.58. The minimum atomic E-state index is -0.352. The highest BCUT2D eigenvalue weighted by molar-refractivity contribution is 7.20. The Labute approximate surface area is 165 Å². The van der Waals surface area contributed by atoms with Gasteiger partial charge in [0.25, 0.3) is 11.5 Å². The Morgan fingerprint density at radius 2 is 2.04 bits per heavy atom. The van der Waals surface area contributed by atoms with Crippen molar-refractivity contribution in [3.05, 3.63) is 56.2 Å². The number of aryl methyl sites for hydroxylation is 2. The summed E-state index contributed by atoms with van der Waals surface area (Å²) in [6.45, 7) is 3.03. The molecule has 0 radical (unpaired) electrons. The van der Waals surface area contributed by atoms with E-state index in [2.05, 4.69) is 0 Å². The summed E-state index contributed by atoms with van der Waals surface area (Å²) in [7, 11) is 0. The smallest absolute Gasteiger partial charge is 0.268 e. The van der Waals surface area contributed by atoms with Crippen LogP contribution in [0, 0.1) is 12.7 Å². The van der Waals surface area contributed by atoms with E-state index >= 15 is 0 Å². The predicted molar refractivity (Wildman–Crippen MR) is 108 cm³/mol. The molecule has 5 nitrogen and oxygen atoms in total. The molecule has 0 spiro atoms. The zero-order valence-corrected chi connectivity index (χ0v) is 16.4. The van der Waals surface area contributed by atoms with Crippen LogP contribution in [0.2, 0.25) is 0 Å². The zero-order valence-electron chi connectivity index (χ0n) is 15.6. The van der Waals surface area contributed by atoms with Crippen LogP contribution in [0.3, 0.4) is 0 Å². The Balaban J connectivity index is 1.62. The highest BCUT2D eigenvalue weighted by Gasteiger charge is 2.30. The average Bonchev–Trinajstić information content (AvgIpc) is 3.14. The Morgan fingerprint density at radius 1 is 1.18 bits per heavy atom. The van der Waals surface area contributed by atoms with Crippen molar-refractivity contribution < 1.29 is 9.18 Å². The minimum absolute atomic E-state index is 0.0393. The predicted octanol–water partition coefficient (Wildman–Crippen LogP) is 3.83. The number of benzene rings is 1. The van der Waals surface area contributed by atoms with E-state index in [9.17, 15) is 14.0 Å². The van der Waals surface area contributed by atoms with Crippen molar-refractivity contribution in [1.29, 1.82) is 0 Å². The van der Waals surface area contributed by atoms with Gasteiger partial charge >= 0.3 is 0 Å². The fourth-order valence-electron chi connectivity index (χ4n) is 4.30. The number of carbonyl (C=O) groups excluding carboxylic acids is 1. The standard InChI is InChI=1S/C21H20FN3O2S/c1-12-17-19(23-16-5-3-2-4-9-25(16)20(17)26)28-18(12)21(27)24-10-8-13-6-7-14(22)11-15(13)24/h6-7,11H,2-5,8-10H2,1H3. The second-order valence-electron chi connectivity index (χ2n) is 7.51. The number of aromatic nitrogens is 2. The lowest BCUT2D eigenvalue weighted by Gasteiger charge is -2.17. The Hall–Kier alpha value is -2.54. The van der Waals surface area contributed by atoms with Gasteiger partial charge in [-0.15, -0.1) is 11.3 Å². The molecule has 0 N–H and O–H groups in total. The number of hydrogen-bond donors (Lipinski definition) is 0. The number of nitrogens with zero attached hydrogens (tertiary/aromatic N) is 3. The van der Waals surface area contributed by atoms with E-state index in [1.165, 1.54) is 23.5 Å². The largest absolute Gasteiger partial charge is 0.307 e. The zero-order chi connectivity index (χ0) is 19.4. The van der Waals surface area contributed by atoms with E-state index in [0.29, 0.717) is 45.9 Å². The molecule has 0 aliphatic carbocycles. The topological polar surface area (TPSA) is 55.2 Å². The van der Waals surface area contributed by atoms with Gasteiger partial charge in [0.2, 0.25) is 0 Å². The molecule has 2 aliphatic rings. The van der Waals surface area contributed by atoms with Gasteiger partial charge in [-0.2, -0.15) is 0 Å². The summed E-state index contributed by atoms with van der Waals surface area (Å²) < 4.78 is 15.5. The molecule has 0 unspecified atom stereocenters. The van der Waals surface area contributed by atoms with Gasteiger partial charge < -0.3 is 4.90 Å². The highest BCUT2D eigenvalue weighted by atomic mass is 32.1. The maximum Gasteiger partial charge on any atom is 0.268 e. The molecule has 4 heterocycles. The van der Waals surface area contributed by atoms with Crippen LogP contribution >= 0.6 is 11.3 Å². The Bertz CT molecular complexity index is 1180. The lowest BCUT2D eigenvalue weighted by molar-refractivity contribution is 0.0993. The molecule has 0 saturated heterocycles. The number of carbonyl (C=O) groups is 1. The molecule has 1 amide bonds. The first kappa shape index (κ1) is 17.6. The second kappa shape index (κ2) is 6.51. The van der Waals surface area contributed by atoms with Gasteiger partial charge in [-0.25, -0.2) is 9.37 Å². The van der Waals surface area contributed by atoms with Gasteiger partial charge in [0.1, 0.15) is 16.5 Å². The monoisotopic (exact) mass is 397 g/mol. The SMILES string of the molecule is Cc1c(C(=O)N2CCc3ccc(F)cc32)sc2nc3n(c(=O)c12)CCCCC3. The molecular formula is C21H20FN3O2S. The third-order valence-electron chi connectivity index (χ3n) is 5.79. The number of anilines is 1. The summed E-state index contributed by atoms with van der Waals surface area (Å²) in [4.78, 5) is 33.9. The second-order valence-corrected chi connectivity index (χ2v) is 8.51. The number of thiophene rings is 1. The minimum Gasteiger partial charge on any atom is -0.307 e. The molecule has 1 aromatic carbocycles. The molecule has 2 aromatic heterocycles. The third-order valence-corrected chi connectivity index (χ3v) is 6.97. The van der Waals surface area contributed by atoms with Crippen molar-refractivity contribution in [3.8, 4) is 0 Å². The van der Waals surface area contributed by atoms with Gasteiger partial charge in [0.05, 0.1) is 16.0 Å². The highest BCUT2D eigenvalue weighted by Crippen LogP contribution is 2.34.